The van der Waals surface area contributed by atoms with Crippen LogP contribution in [0.4, 0.5) is 0 Å². The lowest BCUT2D eigenvalue weighted by Crippen LogP contribution is -2.12. The molecule has 4 rings (SSSR count). The van der Waals surface area contributed by atoms with Gasteiger partial charge in [-0.3, -0.25) is 9.78 Å². The van der Waals surface area contributed by atoms with E-state index in [2.05, 4.69) is 30.7 Å². The molecule has 0 unspecified atom stereocenters. The van der Waals surface area contributed by atoms with Crippen molar-refractivity contribution in [2.75, 3.05) is 0 Å². The van der Waals surface area contributed by atoms with Gasteiger partial charge in [0.15, 0.2) is 0 Å². The monoisotopic (exact) mass is 344 g/mol. The van der Waals surface area contributed by atoms with E-state index in [4.69, 9.17) is 4.42 Å². The lowest BCUT2D eigenvalue weighted by atomic mass is 9.86. The molecule has 0 amide bonds. The maximum absolute atomic E-state index is 13.0. The third kappa shape index (κ3) is 2.77. The van der Waals surface area contributed by atoms with E-state index in [0.29, 0.717) is 27.8 Å². The van der Waals surface area contributed by atoms with Gasteiger partial charge in [-0.05, 0) is 54.3 Å². The Kier molecular flexibility index (Phi) is 3.65. The topological polar surface area (TPSA) is 56.0 Å². The number of hydrogen-bond acceptors (Lipinski definition) is 4. The fraction of sp³-hybridized carbons (Fsp3) is 0.227. The summed E-state index contributed by atoms with van der Waals surface area (Å²) in [6.45, 7) is 8.31. The summed E-state index contributed by atoms with van der Waals surface area (Å²) in [5.74, 6) is 0. The molecule has 0 aliphatic heterocycles. The van der Waals surface area contributed by atoms with Crippen LogP contribution in [-0.4, -0.2) is 9.97 Å². The zero-order valence-corrected chi connectivity index (χ0v) is 15.3. The van der Waals surface area contributed by atoms with Crippen LogP contribution in [-0.2, 0) is 5.41 Å². The molecule has 0 N–H and O–H groups in total. The molecule has 1 aromatic carbocycles. The van der Waals surface area contributed by atoms with Gasteiger partial charge in [0.05, 0.1) is 22.2 Å². The van der Waals surface area contributed by atoms with E-state index in [9.17, 15) is 4.79 Å². The summed E-state index contributed by atoms with van der Waals surface area (Å²) in [7, 11) is 0. The maximum atomic E-state index is 13.0. The Morgan fingerprint density at radius 1 is 0.885 bits per heavy atom. The number of rotatable bonds is 1. The molecule has 0 aliphatic carbocycles. The Morgan fingerprint density at radius 3 is 2.38 bits per heavy atom. The van der Waals surface area contributed by atoms with Crippen molar-refractivity contribution in [2.45, 2.75) is 33.1 Å². The van der Waals surface area contributed by atoms with Crippen molar-refractivity contribution in [2.24, 2.45) is 0 Å². The van der Waals surface area contributed by atoms with Crippen LogP contribution >= 0.6 is 0 Å². The van der Waals surface area contributed by atoms with Gasteiger partial charge in [0.1, 0.15) is 5.58 Å². The van der Waals surface area contributed by atoms with Crippen molar-refractivity contribution in [1.82, 2.24) is 9.97 Å². The fourth-order valence-corrected chi connectivity index (χ4v) is 3.03. The first-order chi connectivity index (χ1) is 12.3. The van der Waals surface area contributed by atoms with Crippen molar-refractivity contribution in [1.29, 1.82) is 0 Å². The lowest BCUT2D eigenvalue weighted by Gasteiger charge is -2.19. The van der Waals surface area contributed by atoms with Crippen LogP contribution in [0.25, 0.3) is 33.5 Å². The minimum Gasteiger partial charge on any atom is -0.437 e. The van der Waals surface area contributed by atoms with Crippen molar-refractivity contribution in [3.8, 4) is 11.4 Å². The van der Waals surface area contributed by atoms with E-state index < -0.39 is 0 Å². The fourth-order valence-electron chi connectivity index (χ4n) is 3.03. The first-order valence-electron chi connectivity index (χ1n) is 8.65. The lowest BCUT2D eigenvalue weighted by molar-refractivity contribution is 0.589. The van der Waals surface area contributed by atoms with Crippen molar-refractivity contribution in [3.05, 3.63) is 70.0 Å². The molecular formula is C22H20N2O2. The molecule has 4 aromatic rings. The second kappa shape index (κ2) is 5.77. The molecule has 3 aromatic heterocycles. The van der Waals surface area contributed by atoms with Crippen LogP contribution < -0.4 is 5.43 Å². The van der Waals surface area contributed by atoms with Crippen LogP contribution in [0, 0.1) is 6.92 Å². The van der Waals surface area contributed by atoms with Crippen molar-refractivity contribution >= 4 is 22.1 Å². The van der Waals surface area contributed by atoms with Crippen LogP contribution in [0.5, 0.6) is 0 Å². The molecule has 3 heterocycles. The summed E-state index contributed by atoms with van der Waals surface area (Å²) in [5.41, 5.74) is 4.28. The van der Waals surface area contributed by atoms with Gasteiger partial charge < -0.3 is 4.42 Å². The summed E-state index contributed by atoms with van der Waals surface area (Å²) in [5, 5.41) is 1.08. The quantitative estimate of drug-likeness (QED) is 0.456. The largest absolute Gasteiger partial charge is 0.437 e. The zero-order chi connectivity index (χ0) is 18.5. The summed E-state index contributed by atoms with van der Waals surface area (Å²) in [6.07, 6.45) is 0. The highest BCUT2D eigenvalue weighted by Gasteiger charge is 2.17. The molecule has 26 heavy (non-hydrogen) atoms. The van der Waals surface area contributed by atoms with Gasteiger partial charge in [-0.25, -0.2) is 4.98 Å². The summed E-state index contributed by atoms with van der Waals surface area (Å²) < 4.78 is 5.95. The third-order valence-corrected chi connectivity index (χ3v) is 4.55. The highest BCUT2D eigenvalue weighted by Crippen LogP contribution is 2.27. The minimum atomic E-state index is -0.0522. The third-order valence-electron chi connectivity index (χ3n) is 4.55. The van der Waals surface area contributed by atoms with Gasteiger partial charge in [0.2, 0.25) is 11.1 Å². The number of pyridine rings is 2. The molecule has 0 atom stereocenters. The number of aryl methyl sites for hydroxylation is 1. The second-order valence-corrected chi connectivity index (χ2v) is 7.61. The van der Waals surface area contributed by atoms with Crippen LogP contribution in [0.15, 0.2) is 57.7 Å². The van der Waals surface area contributed by atoms with Gasteiger partial charge in [0.25, 0.3) is 0 Å². The Morgan fingerprint density at radius 2 is 1.65 bits per heavy atom. The van der Waals surface area contributed by atoms with Crippen molar-refractivity contribution < 1.29 is 4.42 Å². The van der Waals surface area contributed by atoms with Gasteiger partial charge in [-0.2, -0.15) is 0 Å². The maximum Gasteiger partial charge on any atom is 0.231 e. The smallest absolute Gasteiger partial charge is 0.231 e. The predicted octanol–water partition coefficient (Wildman–Crippen LogP) is 5.01. The first-order valence-corrected chi connectivity index (χ1v) is 8.65. The normalized spacial score (nSPS) is 12.0. The Balaban J connectivity index is 1.95. The first kappa shape index (κ1) is 16.5. The van der Waals surface area contributed by atoms with Gasteiger partial charge >= 0.3 is 0 Å². The van der Waals surface area contributed by atoms with Crippen LogP contribution in [0.3, 0.4) is 0 Å². The van der Waals surface area contributed by atoms with E-state index in [-0.39, 0.29) is 10.8 Å². The van der Waals surface area contributed by atoms with Gasteiger partial charge in [-0.15, -0.1) is 0 Å². The number of hydrogen-bond donors (Lipinski definition) is 0. The molecule has 4 heteroatoms. The molecule has 130 valence electrons. The Bertz CT molecular complexity index is 1200. The molecule has 0 fully saturated rings. The van der Waals surface area contributed by atoms with E-state index in [1.54, 1.807) is 6.07 Å². The molecule has 4 nitrogen and oxygen atoms in total. The van der Waals surface area contributed by atoms with E-state index in [0.717, 1.165) is 17.0 Å². The summed E-state index contributed by atoms with van der Waals surface area (Å²) in [4.78, 5) is 22.0. The standard InChI is InChI=1S/C22H20N2O2/c1-13-6-5-7-17(23-13)18-10-9-15-20(25)16-12-14(22(2,3)4)8-11-19(16)26-21(15)24-18/h5-12H,1-4H3. The van der Waals surface area contributed by atoms with Crippen LogP contribution in [0.1, 0.15) is 32.0 Å². The molecule has 0 radical (unpaired) electrons. The number of aromatic nitrogens is 2. The summed E-state index contributed by atoms with van der Waals surface area (Å²) >= 11 is 0. The molecule has 0 bridgehead atoms. The molecule has 0 saturated heterocycles. The van der Waals surface area contributed by atoms with Crippen molar-refractivity contribution in [3.63, 3.8) is 0 Å². The molecule has 0 aliphatic rings. The zero-order valence-electron chi connectivity index (χ0n) is 15.3. The molecule has 0 saturated carbocycles. The summed E-state index contributed by atoms with van der Waals surface area (Å²) in [6, 6.07) is 15.2. The Hall–Kier alpha value is -3.01. The van der Waals surface area contributed by atoms with Crippen LogP contribution in [0.2, 0.25) is 0 Å². The van der Waals surface area contributed by atoms with E-state index >= 15 is 0 Å². The number of fused-ring (bicyclic) bond motifs is 2. The molecular weight excluding hydrogens is 324 g/mol. The number of benzene rings is 1. The predicted molar refractivity (Wildman–Crippen MR) is 104 cm³/mol. The highest BCUT2D eigenvalue weighted by molar-refractivity contribution is 5.89. The van der Waals surface area contributed by atoms with Gasteiger partial charge in [-0.1, -0.05) is 32.9 Å². The molecule has 0 spiro atoms. The number of nitrogens with zero attached hydrogens (tertiary/aromatic N) is 2. The minimum absolute atomic E-state index is 0.0332. The average molecular weight is 344 g/mol. The SMILES string of the molecule is Cc1cccc(-c2ccc3c(=O)c4cc(C(C)(C)C)ccc4oc3n2)n1. The highest BCUT2D eigenvalue weighted by atomic mass is 16.3. The Labute approximate surface area is 151 Å². The van der Waals surface area contributed by atoms with E-state index in [1.165, 1.54) is 0 Å². The van der Waals surface area contributed by atoms with E-state index in [1.807, 2.05) is 49.4 Å². The second-order valence-electron chi connectivity index (χ2n) is 7.61. The average Bonchev–Trinajstić information content (AvgIpc) is 2.60. The van der Waals surface area contributed by atoms with Gasteiger partial charge in [0, 0.05) is 5.69 Å².